The van der Waals surface area contributed by atoms with Gasteiger partial charge in [-0.2, -0.15) is 0 Å². The second-order valence-corrected chi connectivity index (χ2v) is 7.32. The predicted molar refractivity (Wildman–Crippen MR) is 105 cm³/mol. The number of hydrogen-bond donors (Lipinski definition) is 3. The van der Waals surface area contributed by atoms with E-state index in [-0.39, 0.29) is 19.4 Å². The molecule has 1 fully saturated rings. The zero-order valence-corrected chi connectivity index (χ0v) is 16.3. The Hall–Kier alpha value is -2.41. The van der Waals surface area contributed by atoms with E-state index in [0.29, 0.717) is 12.8 Å². The molecule has 1 heterocycles. The normalized spacial score (nSPS) is 18.8. The summed E-state index contributed by atoms with van der Waals surface area (Å²) in [7, 11) is 0. The van der Waals surface area contributed by atoms with Gasteiger partial charge in [-0.3, -0.25) is 14.9 Å². The Bertz CT molecular complexity index is 664. The number of carbonyl (C=O) groups is 3. The van der Waals surface area contributed by atoms with Gasteiger partial charge in [-0.1, -0.05) is 56.5 Å². The number of carboxylic acids is 1. The molecule has 3 amide bonds. The SMILES string of the molecule is CCCCCC(O)CCN1C(=O)NC(=O)C1C(CCC(=O)O)c1ccccc1. The topological polar surface area (TPSA) is 107 Å². The summed E-state index contributed by atoms with van der Waals surface area (Å²) in [5.41, 5.74) is 0.826. The molecule has 1 aromatic rings. The number of unbranched alkanes of at least 4 members (excludes halogenated alkanes) is 2. The first-order valence-electron chi connectivity index (χ1n) is 10.00. The van der Waals surface area contributed by atoms with Crippen molar-refractivity contribution in [3.8, 4) is 0 Å². The molecule has 0 spiro atoms. The van der Waals surface area contributed by atoms with E-state index in [4.69, 9.17) is 5.11 Å². The first-order valence-corrected chi connectivity index (χ1v) is 10.00. The van der Waals surface area contributed by atoms with Crippen LogP contribution in [0.4, 0.5) is 4.79 Å². The van der Waals surface area contributed by atoms with Crippen molar-refractivity contribution in [3.63, 3.8) is 0 Å². The number of carboxylic acid groups (broad SMARTS) is 1. The summed E-state index contributed by atoms with van der Waals surface area (Å²) in [6.07, 6.45) is 3.74. The Morgan fingerprint density at radius 3 is 2.50 bits per heavy atom. The van der Waals surface area contributed by atoms with Crippen LogP contribution in [-0.4, -0.2) is 51.7 Å². The number of aliphatic carboxylic acids is 1. The molecule has 28 heavy (non-hydrogen) atoms. The molecule has 3 atom stereocenters. The minimum Gasteiger partial charge on any atom is -0.481 e. The van der Waals surface area contributed by atoms with E-state index in [0.717, 1.165) is 24.8 Å². The van der Waals surface area contributed by atoms with Gasteiger partial charge in [0.15, 0.2) is 0 Å². The number of aliphatic hydroxyl groups is 1. The van der Waals surface area contributed by atoms with E-state index in [1.807, 2.05) is 30.3 Å². The summed E-state index contributed by atoms with van der Waals surface area (Å²) in [6.45, 7) is 2.35. The van der Waals surface area contributed by atoms with Crippen LogP contribution in [0.25, 0.3) is 0 Å². The average molecular weight is 390 g/mol. The maximum Gasteiger partial charge on any atom is 0.324 e. The van der Waals surface area contributed by atoms with Crippen molar-refractivity contribution in [2.45, 2.75) is 69.9 Å². The Morgan fingerprint density at radius 2 is 1.86 bits per heavy atom. The Labute approximate surface area is 165 Å². The third-order valence-electron chi connectivity index (χ3n) is 5.22. The second kappa shape index (κ2) is 10.8. The Balaban J connectivity index is 2.13. The van der Waals surface area contributed by atoms with Crippen LogP contribution in [0.15, 0.2) is 30.3 Å². The van der Waals surface area contributed by atoms with Crippen LogP contribution in [0.5, 0.6) is 0 Å². The number of imide groups is 1. The molecule has 154 valence electrons. The monoisotopic (exact) mass is 390 g/mol. The van der Waals surface area contributed by atoms with Crippen LogP contribution in [0.3, 0.4) is 0 Å². The third kappa shape index (κ3) is 6.05. The van der Waals surface area contributed by atoms with Crippen LogP contribution in [0, 0.1) is 0 Å². The average Bonchev–Trinajstić information content (AvgIpc) is 2.94. The number of urea groups is 1. The molecule has 1 aromatic carbocycles. The number of aliphatic hydroxyl groups excluding tert-OH is 1. The number of nitrogens with one attached hydrogen (secondary N) is 1. The standard InChI is InChI=1S/C21H30N2O5/c1-2-3-5-10-16(24)13-14-23-19(20(27)22-21(23)28)17(11-12-18(25)26)15-8-6-4-7-9-15/h4,6-9,16-17,19,24H,2-3,5,10-14H2,1H3,(H,25,26)(H,22,27,28). The lowest BCUT2D eigenvalue weighted by atomic mass is 9.86. The number of amides is 3. The van der Waals surface area contributed by atoms with Gasteiger partial charge >= 0.3 is 12.0 Å². The number of nitrogens with zero attached hydrogens (tertiary/aromatic N) is 1. The van der Waals surface area contributed by atoms with Crippen LogP contribution in [-0.2, 0) is 9.59 Å². The van der Waals surface area contributed by atoms with Gasteiger partial charge in [0.25, 0.3) is 5.91 Å². The minimum absolute atomic E-state index is 0.0922. The van der Waals surface area contributed by atoms with Crippen molar-refractivity contribution in [1.29, 1.82) is 0 Å². The lowest BCUT2D eigenvalue weighted by Crippen LogP contribution is -2.41. The zero-order chi connectivity index (χ0) is 20.5. The van der Waals surface area contributed by atoms with E-state index in [1.165, 1.54) is 4.90 Å². The molecule has 7 heteroatoms. The Morgan fingerprint density at radius 1 is 1.14 bits per heavy atom. The molecule has 1 saturated heterocycles. The van der Waals surface area contributed by atoms with E-state index in [1.54, 1.807) is 0 Å². The third-order valence-corrected chi connectivity index (χ3v) is 5.22. The Kier molecular flexibility index (Phi) is 8.44. The highest BCUT2D eigenvalue weighted by molar-refractivity contribution is 6.04. The smallest absolute Gasteiger partial charge is 0.324 e. The highest BCUT2D eigenvalue weighted by Crippen LogP contribution is 2.31. The van der Waals surface area contributed by atoms with Gasteiger partial charge in [-0.05, 0) is 24.8 Å². The quantitative estimate of drug-likeness (QED) is 0.376. The van der Waals surface area contributed by atoms with Crippen molar-refractivity contribution < 1.29 is 24.6 Å². The summed E-state index contributed by atoms with van der Waals surface area (Å²) in [5, 5.41) is 21.6. The van der Waals surface area contributed by atoms with Crippen LogP contribution in [0.1, 0.15) is 63.4 Å². The maximum absolute atomic E-state index is 12.5. The number of hydrogen-bond acceptors (Lipinski definition) is 4. The summed E-state index contributed by atoms with van der Waals surface area (Å²) < 4.78 is 0. The number of carbonyl (C=O) groups excluding carboxylic acids is 2. The van der Waals surface area contributed by atoms with Crippen molar-refractivity contribution in [2.24, 2.45) is 0 Å². The van der Waals surface area contributed by atoms with Crippen LogP contribution < -0.4 is 5.32 Å². The molecule has 1 aliphatic heterocycles. The lowest BCUT2D eigenvalue weighted by Gasteiger charge is -2.30. The molecule has 0 aliphatic carbocycles. The molecule has 3 unspecified atom stereocenters. The fraction of sp³-hybridized carbons (Fsp3) is 0.571. The first kappa shape index (κ1) is 21.9. The maximum atomic E-state index is 12.5. The van der Waals surface area contributed by atoms with Gasteiger partial charge in [-0.25, -0.2) is 4.79 Å². The van der Waals surface area contributed by atoms with Crippen LogP contribution >= 0.6 is 0 Å². The fourth-order valence-electron chi connectivity index (χ4n) is 3.71. The van der Waals surface area contributed by atoms with E-state index >= 15 is 0 Å². The van der Waals surface area contributed by atoms with Gasteiger partial charge in [0.2, 0.25) is 0 Å². The highest BCUT2D eigenvalue weighted by atomic mass is 16.4. The van der Waals surface area contributed by atoms with Gasteiger partial charge in [0, 0.05) is 18.9 Å². The van der Waals surface area contributed by atoms with Crippen molar-refractivity contribution in [1.82, 2.24) is 10.2 Å². The van der Waals surface area contributed by atoms with Crippen molar-refractivity contribution >= 4 is 17.9 Å². The molecule has 1 aliphatic rings. The summed E-state index contributed by atoms with van der Waals surface area (Å²) >= 11 is 0. The van der Waals surface area contributed by atoms with Crippen molar-refractivity contribution in [2.75, 3.05) is 6.54 Å². The fourth-order valence-corrected chi connectivity index (χ4v) is 3.71. The first-order chi connectivity index (χ1) is 13.4. The lowest BCUT2D eigenvalue weighted by molar-refractivity contribution is -0.137. The largest absolute Gasteiger partial charge is 0.481 e. The summed E-state index contributed by atoms with van der Waals surface area (Å²) in [6, 6.07) is 7.96. The van der Waals surface area contributed by atoms with Gasteiger partial charge in [-0.15, -0.1) is 0 Å². The van der Waals surface area contributed by atoms with E-state index < -0.39 is 36.0 Å². The predicted octanol–water partition coefficient (Wildman–Crippen LogP) is 2.89. The molecule has 3 N–H and O–H groups in total. The summed E-state index contributed by atoms with van der Waals surface area (Å²) in [4.78, 5) is 37.4. The van der Waals surface area contributed by atoms with Gasteiger partial charge < -0.3 is 15.1 Å². The van der Waals surface area contributed by atoms with E-state index in [2.05, 4.69) is 12.2 Å². The van der Waals surface area contributed by atoms with Crippen molar-refractivity contribution in [3.05, 3.63) is 35.9 Å². The molecule has 0 radical (unpaired) electrons. The molecule has 2 rings (SSSR count). The molecule has 7 nitrogen and oxygen atoms in total. The van der Waals surface area contributed by atoms with E-state index in [9.17, 15) is 19.5 Å². The second-order valence-electron chi connectivity index (χ2n) is 7.32. The van der Waals surface area contributed by atoms with Gasteiger partial charge in [0.05, 0.1) is 6.10 Å². The molecular weight excluding hydrogens is 360 g/mol. The zero-order valence-electron chi connectivity index (χ0n) is 16.3. The van der Waals surface area contributed by atoms with Crippen LogP contribution in [0.2, 0.25) is 0 Å². The van der Waals surface area contributed by atoms with Gasteiger partial charge in [0.1, 0.15) is 6.04 Å². The highest BCUT2D eigenvalue weighted by Gasteiger charge is 2.43. The minimum atomic E-state index is -0.941. The molecular formula is C21H30N2O5. The number of rotatable bonds is 12. The molecule has 0 bridgehead atoms. The summed E-state index contributed by atoms with van der Waals surface area (Å²) in [5.74, 6) is -1.77. The molecule has 0 saturated carbocycles. The molecule has 0 aromatic heterocycles. The number of benzene rings is 1.